The van der Waals surface area contributed by atoms with Crippen molar-refractivity contribution >= 4 is 43.5 Å². The summed E-state index contributed by atoms with van der Waals surface area (Å²) in [4.78, 5) is 13.9. The fraction of sp³-hybridized carbons (Fsp3) is 0.462. The first kappa shape index (κ1) is 13.9. The molecule has 1 N–H and O–H groups in total. The average molecular weight is 376 g/mol. The second kappa shape index (κ2) is 6.57. The normalized spacial score (nSPS) is 15.6. The summed E-state index contributed by atoms with van der Waals surface area (Å²) in [6.07, 6.45) is 3.51. The van der Waals surface area contributed by atoms with Crippen LogP contribution >= 0.6 is 31.9 Å². The van der Waals surface area contributed by atoms with Gasteiger partial charge in [-0.15, -0.1) is 0 Å². The lowest BCUT2D eigenvalue weighted by Crippen LogP contribution is -2.39. The van der Waals surface area contributed by atoms with Crippen LogP contribution in [0.4, 0.5) is 5.69 Å². The summed E-state index contributed by atoms with van der Waals surface area (Å²) >= 11 is 6.88. The lowest BCUT2D eigenvalue weighted by Gasteiger charge is -2.27. The minimum atomic E-state index is 0.185. The van der Waals surface area contributed by atoms with Crippen LogP contribution in [0, 0.1) is 0 Å². The van der Waals surface area contributed by atoms with E-state index < -0.39 is 0 Å². The highest BCUT2D eigenvalue weighted by atomic mass is 79.9. The molecule has 98 valence electrons. The van der Waals surface area contributed by atoms with E-state index in [1.54, 1.807) is 0 Å². The van der Waals surface area contributed by atoms with Crippen molar-refractivity contribution in [3.05, 3.63) is 27.1 Å². The van der Waals surface area contributed by atoms with Crippen molar-refractivity contribution in [3.63, 3.8) is 0 Å². The van der Waals surface area contributed by atoms with Crippen LogP contribution < -0.4 is 5.32 Å². The van der Waals surface area contributed by atoms with Crippen molar-refractivity contribution in [2.45, 2.75) is 19.3 Å². The number of likely N-dealkylation sites (tertiary alicyclic amines) is 1. The smallest absolute Gasteiger partial charge is 0.241 e. The number of anilines is 1. The summed E-state index contributed by atoms with van der Waals surface area (Å²) in [7, 11) is 0. The fourth-order valence-corrected chi connectivity index (χ4v) is 3.25. The number of hydrogen-bond donors (Lipinski definition) is 1. The summed E-state index contributed by atoms with van der Waals surface area (Å²) in [6, 6.07) is 5.88. The van der Waals surface area contributed by atoms with Crippen LogP contribution in [0.5, 0.6) is 0 Å². The van der Waals surface area contributed by atoms with Crippen LogP contribution in [0.2, 0.25) is 0 Å². The molecule has 1 aliphatic rings. The topological polar surface area (TPSA) is 32.3 Å². The highest BCUT2D eigenvalue weighted by molar-refractivity contribution is 9.11. The number of benzene rings is 1. The van der Waals surface area contributed by atoms with Crippen LogP contribution in [-0.2, 0) is 4.79 Å². The largest absolute Gasteiger partial charge is 0.375 e. The minimum absolute atomic E-state index is 0.185. The van der Waals surface area contributed by atoms with E-state index in [0.717, 1.165) is 40.6 Å². The number of nitrogens with zero attached hydrogens (tertiary/aromatic N) is 1. The Hall–Kier alpha value is -0.550. The van der Waals surface area contributed by atoms with Gasteiger partial charge < -0.3 is 10.2 Å². The third-order valence-corrected chi connectivity index (χ3v) is 4.22. The molecule has 0 aromatic heterocycles. The van der Waals surface area contributed by atoms with Gasteiger partial charge in [0, 0.05) is 27.7 Å². The number of carbonyl (C=O) groups excluding carboxylic acids is 1. The summed E-state index contributed by atoms with van der Waals surface area (Å²) in [5.41, 5.74) is 0.948. The molecule has 0 unspecified atom stereocenters. The SMILES string of the molecule is O=C(CNc1ccc(Br)cc1Br)N1CCCCC1. The van der Waals surface area contributed by atoms with Crippen molar-refractivity contribution in [2.24, 2.45) is 0 Å². The second-order valence-electron chi connectivity index (χ2n) is 4.42. The molecule has 0 saturated carbocycles. The molecule has 1 aliphatic heterocycles. The molecular formula is C13H16Br2N2O. The molecule has 0 spiro atoms. The predicted octanol–water partition coefficient (Wildman–Crippen LogP) is 3.64. The molecular weight excluding hydrogens is 360 g/mol. The summed E-state index contributed by atoms with van der Waals surface area (Å²) in [5, 5.41) is 3.18. The van der Waals surface area contributed by atoms with Crippen LogP contribution in [-0.4, -0.2) is 30.4 Å². The van der Waals surface area contributed by atoms with Gasteiger partial charge in [0.2, 0.25) is 5.91 Å². The molecule has 1 saturated heterocycles. The number of rotatable bonds is 3. The van der Waals surface area contributed by atoms with Gasteiger partial charge >= 0.3 is 0 Å². The van der Waals surface area contributed by atoms with Crippen molar-refractivity contribution in [3.8, 4) is 0 Å². The Labute approximate surface area is 124 Å². The molecule has 0 bridgehead atoms. The van der Waals surface area contributed by atoms with Crippen LogP contribution in [0.15, 0.2) is 27.1 Å². The van der Waals surface area contributed by atoms with Gasteiger partial charge in [-0.05, 0) is 53.4 Å². The molecule has 1 aromatic carbocycles. The molecule has 1 amide bonds. The number of piperidine rings is 1. The molecule has 0 atom stereocenters. The Morgan fingerprint density at radius 1 is 1.22 bits per heavy atom. The van der Waals surface area contributed by atoms with E-state index in [1.807, 2.05) is 23.1 Å². The second-order valence-corrected chi connectivity index (χ2v) is 6.19. The molecule has 0 radical (unpaired) electrons. The first-order valence-electron chi connectivity index (χ1n) is 6.13. The Kier molecular flexibility index (Phi) is 5.06. The number of carbonyl (C=O) groups is 1. The van der Waals surface area contributed by atoms with Gasteiger partial charge in [0.15, 0.2) is 0 Å². The number of halogens is 2. The molecule has 0 aliphatic carbocycles. The van der Waals surface area contributed by atoms with E-state index in [4.69, 9.17) is 0 Å². The lowest BCUT2D eigenvalue weighted by molar-refractivity contribution is -0.130. The predicted molar refractivity (Wildman–Crippen MR) is 80.8 cm³/mol. The van der Waals surface area contributed by atoms with E-state index in [0.29, 0.717) is 6.54 Å². The van der Waals surface area contributed by atoms with Gasteiger partial charge in [0.05, 0.1) is 6.54 Å². The Morgan fingerprint density at radius 3 is 2.61 bits per heavy atom. The van der Waals surface area contributed by atoms with E-state index in [9.17, 15) is 4.79 Å². The Balaban J connectivity index is 1.88. The van der Waals surface area contributed by atoms with Gasteiger partial charge in [-0.1, -0.05) is 15.9 Å². The Morgan fingerprint density at radius 2 is 1.94 bits per heavy atom. The quantitative estimate of drug-likeness (QED) is 0.874. The molecule has 3 nitrogen and oxygen atoms in total. The highest BCUT2D eigenvalue weighted by Gasteiger charge is 2.16. The molecule has 18 heavy (non-hydrogen) atoms. The number of nitrogens with one attached hydrogen (secondary N) is 1. The first-order valence-corrected chi connectivity index (χ1v) is 7.72. The van der Waals surface area contributed by atoms with Crippen molar-refractivity contribution in [2.75, 3.05) is 25.0 Å². The van der Waals surface area contributed by atoms with Gasteiger partial charge in [-0.2, -0.15) is 0 Å². The number of amides is 1. The summed E-state index contributed by atoms with van der Waals surface area (Å²) in [6.45, 7) is 2.17. The molecule has 5 heteroatoms. The molecule has 1 aromatic rings. The van der Waals surface area contributed by atoms with Gasteiger partial charge in [0.1, 0.15) is 0 Å². The molecule has 1 fully saturated rings. The zero-order chi connectivity index (χ0) is 13.0. The van der Waals surface area contributed by atoms with Gasteiger partial charge in [-0.3, -0.25) is 4.79 Å². The van der Waals surface area contributed by atoms with Gasteiger partial charge in [0.25, 0.3) is 0 Å². The van der Waals surface area contributed by atoms with E-state index in [-0.39, 0.29) is 5.91 Å². The maximum atomic E-state index is 12.0. The van der Waals surface area contributed by atoms with Gasteiger partial charge in [-0.25, -0.2) is 0 Å². The van der Waals surface area contributed by atoms with Crippen LogP contribution in [0.3, 0.4) is 0 Å². The maximum Gasteiger partial charge on any atom is 0.241 e. The third kappa shape index (κ3) is 3.72. The first-order chi connectivity index (χ1) is 8.66. The zero-order valence-corrected chi connectivity index (χ0v) is 13.3. The fourth-order valence-electron chi connectivity index (χ4n) is 2.06. The highest BCUT2D eigenvalue weighted by Crippen LogP contribution is 2.26. The monoisotopic (exact) mass is 374 g/mol. The third-order valence-electron chi connectivity index (χ3n) is 3.07. The van der Waals surface area contributed by atoms with Crippen molar-refractivity contribution < 1.29 is 4.79 Å². The van der Waals surface area contributed by atoms with E-state index >= 15 is 0 Å². The lowest BCUT2D eigenvalue weighted by atomic mass is 10.1. The van der Waals surface area contributed by atoms with Crippen LogP contribution in [0.1, 0.15) is 19.3 Å². The van der Waals surface area contributed by atoms with Crippen molar-refractivity contribution in [1.29, 1.82) is 0 Å². The standard InChI is InChI=1S/C13H16Br2N2O/c14-10-4-5-12(11(15)8-10)16-9-13(18)17-6-2-1-3-7-17/h4-5,8,16H,1-3,6-7,9H2. The maximum absolute atomic E-state index is 12.0. The number of hydrogen-bond acceptors (Lipinski definition) is 2. The van der Waals surface area contributed by atoms with E-state index in [2.05, 4.69) is 37.2 Å². The van der Waals surface area contributed by atoms with Crippen LogP contribution in [0.25, 0.3) is 0 Å². The van der Waals surface area contributed by atoms with E-state index in [1.165, 1.54) is 6.42 Å². The molecule has 2 rings (SSSR count). The minimum Gasteiger partial charge on any atom is -0.375 e. The summed E-state index contributed by atoms with van der Waals surface area (Å²) < 4.78 is 1.98. The zero-order valence-electron chi connectivity index (χ0n) is 10.1. The Bertz CT molecular complexity index is 431. The average Bonchev–Trinajstić information content (AvgIpc) is 2.38. The van der Waals surface area contributed by atoms with Crippen molar-refractivity contribution in [1.82, 2.24) is 4.90 Å². The summed E-state index contributed by atoms with van der Waals surface area (Å²) in [5.74, 6) is 0.185. The molecule has 1 heterocycles.